The van der Waals surface area contributed by atoms with Crippen molar-refractivity contribution in [2.45, 2.75) is 18.2 Å². The molecular weight excluding hydrogens is 324 g/mol. The lowest BCUT2D eigenvalue weighted by Gasteiger charge is -2.07. The number of carbonyl (C=O) groups excluding carboxylic acids is 1. The molecule has 0 heterocycles. The quantitative estimate of drug-likeness (QED) is 0.458. The molecule has 0 radical (unpaired) electrons. The molecule has 0 saturated carbocycles. The number of hydrogen-bond acceptors (Lipinski definition) is 6. The fraction of sp³-hybridized carbons (Fsp3) is 0.364. The number of carbonyl (C=O) groups is 1. The summed E-state index contributed by atoms with van der Waals surface area (Å²) in [6.45, 7) is 1.59. The smallest absolute Gasteiger partial charge is 0.307 e. The van der Waals surface area contributed by atoms with Crippen LogP contribution in [0.4, 0.5) is 5.69 Å². The fourth-order valence-corrected chi connectivity index (χ4v) is 2.81. The van der Waals surface area contributed by atoms with Crippen LogP contribution in [-0.2, 0) is 19.6 Å². The summed E-state index contributed by atoms with van der Waals surface area (Å²) in [5.74, 6) is -0.564. The van der Waals surface area contributed by atoms with Crippen molar-refractivity contribution in [1.82, 2.24) is 4.72 Å². The standard InChI is InChI=1S/C11H13ClN2O6S/c1-2-20-11(15)5-6-13-21(18,19)10-4-3-8(12)7-9(10)14(16)17/h3-4,7,13H,2,5-6H2,1H3. The lowest BCUT2D eigenvalue weighted by molar-refractivity contribution is -0.387. The summed E-state index contributed by atoms with van der Waals surface area (Å²) < 4.78 is 30.7. The van der Waals surface area contributed by atoms with Crippen molar-refractivity contribution in [1.29, 1.82) is 0 Å². The number of halogens is 1. The highest BCUT2D eigenvalue weighted by Crippen LogP contribution is 2.26. The van der Waals surface area contributed by atoms with Crippen molar-refractivity contribution in [3.05, 3.63) is 33.3 Å². The van der Waals surface area contributed by atoms with Crippen molar-refractivity contribution in [3.63, 3.8) is 0 Å². The largest absolute Gasteiger partial charge is 0.466 e. The Morgan fingerprint density at radius 3 is 2.71 bits per heavy atom. The molecule has 0 amide bonds. The molecule has 0 aliphatic rings. The van der Waals surface area contributed by atoms with E-state index in [0.717, 1.165) is 12.1 Å². The van der Waals surface area contributed by atoms with E-state index in [1.54, 1.807) is 6.92 Å². The molecule has 1 aromatic carbocycles. The molecule has 116 valence electrons. The van der Waals surface area contributed by atoms with Crippen LogP contribution in [0.5, 0.6) is 0 Å². The third-order valence-corrected chi connectivity index (χ3v) is 4.08. The molecule has 0 aliphatic heterocycles. The van der Waals surface area contributed by atoms with E-state index in [9.17, 15) is 23.3 Å². The van der Waals surface area contributed by atoms with Gasteiger partial charge in [0.2, 0.25) is 10.0 Å². The number of hydrogen-bond donors (Lipinski definition) is 1. The Hall–Kier alpha value is -1.71. The van der Waals surface area contributed by atoms with Crippen molar-refractivity contribution < 1.29 is 22.9 Å². The number of nitro groups is 1. The van der Waals surface area contributed by atoms with Crippen LogP contribution < -0.4 is 4.72 Å². The predicted octanol–water partition coefficient (Wildman–Crippen LogP) is 1.48. The topological polar surface area (TPSA) is 116 Å². The van der Waals surface area contributed by atoms with Gasteiger partial charge >= 0.3 is 5.97 Å². The van der Waals surface area contributed by atoms with E-state index in [4.69, 9.17) is 11.6 Å². The van der Waals surface area contributed by atoms with Gasteiger partial charge in [0.25, 0.3) is 5.69 Å². The third kappa shape index (κ3) is 4.96. The highest BCUT2D eigenvalue weighted by atomic mass is 35.5. The van der Waals surface area contributed by atoms with Crippen LogP contribution in [-0.4, -0.2) is 32.5 Å². The van der Waals surface area contributed by atoms with Crippen LogP contribution in [0.3, 0.4) is 0 Å². The Bertz CT molecular complexity index is 646. The molecule has 10 heteroatoms. The molecule has 1 N–H and O–H groups in total. The molecule has 21 heavy (non-hydrogen) atoms. The number of nitrogens with zero attached hydrogens (tertiary/aromatic N) is 1. The van der Waals surface area contributed by atoms with Gasteiger partial charge < -0.3 is 4.74 Å². The first-order chi connectivity index (χ1) is 9.77. The van der Waals surface area contributed by atoms with Gasteiger partial charge in [-0.1, -0.05) is 11.6 Å². The van der Waals surface area contributed by atoms with Gasteiger partial charge in [0.05, 0.1) is 18.0 Å². The van der Waals surface area contributed by atoms with E-state index in [-0.39, 0.29) is 24.6 Å². The summed E-state index contributed by atoms with van der Waals surface area (Å²) in [6.07, 6.45) is -0.172. The molecule has 0 saturated heterocycles. The number of nitro benzene ring substituents is 1. The van der Waals surface area contributed by atoms with E-state index >= 15 is 0 Å². The molecule has 1 aromatic rings. The summed E-state index contributed by atoms with van der Waals surface area (Å²) in [5, 5.41) is 10.9. The average molecular weight is 337 g/mol. The minimum atomic E-state index is -4.12. The molecule has 0 aliphatic carbocycles. The zero-order valence-electron chi connectivity index (χ0n) is 11.0. The summed E-state index contributed by atoms with van der Waals surface area (Å²) >= 11 is 5.61. The van der Waals surface area contributed by atoms with E-state index in [2.05, 4.69) is 9.46 Å². The molecule has 0 bridgehead atoms. The van der Waals surface area contributed by atoms with E-state index in [0.29, 0.717) is 0 Å². The molecule has 1 rings (SSSR count). The first-order valence-corrected chi connectivity index (χ1v) is 7.73. The zero-order valence-corrected chi connectivity index (χ0v) is 12.6. The first kappa shape index (κ1) is 17.3. The van der Waals surface area contributed by atoms with Gasteiger partial charge in [-0.15, -0.1) is 0 Å². The van der Waals surface area contributed by atoms with Gasteiger partial charge in [-0.3, -0.25) is 14.9 Å². The summed E-state index contributed by atoms with van der Waals surface area (Å²) in [7, 11) is -4.12. The normalized spacial score (nSPS) is 11.1. The third-order valence-electron chi connectivity index (χ3n) is 2.33. The molecular formula is C11H13ClN2O6S. The minimum Gasteiger partial charge on any atom is -0.466 e. The Morgan fingerprint density at radius 1 is 1.48 bits per heavy atom. The number of esters is 1. The lowest BCUT2D eigenvalue weighted by atomic mass is 10.3. The highest BCUT2D eigenvalue weighted by molar-refractivity contribution is 7.89. The molecule has 0 fully saturated rings. The number of rotatable bonds is 7. The maximum absolute atomic E-state index is 12.0. The van der Waals surface area contributed by atoms with Crippen molar-refractivity contribution in [3.8, 4) is 0 Å². The summed E-state index contributed by atoms with van der Waals surface area (Å²) in [6, 6.07) is 3.21. The van der Waals surface area contributed by atoms with Crippen molar-refractivity contribution >= 4 is 33.3 Å². The second-order valence-corrected chi connectivity index (χ2v) is 5.99. The van der Waals surface area contributed by atoms with Gasteiger partial charge in [-0.25, -0.2) is 13.1 Å². The second-order valence-electron chi connectivity index (χ2n) is 3.82. The van der Waals surface area contributed by atoms with Crippen LogP contribution in [0.1, 0.15) is 13.3 Å². The lowest BCUT2D eigenvalue weighted by Crippen LogP contribution is -2.27. The maximum atomic E-state index is 12.0. The molecule has 0 unspecified atom stereocenters. The Morgan fingerprint density at radius 2 is 2.14 bits per heavy atom. The van der Waals surface area contributed by atoms with Crippen molar-refractivity contribution in [2.24, 2.45) is 0 Å². The predicted molar refractivity (Wildman–Crippen MR) is 74.5 cm³/mol. The van der Waals surface area contributed by atoms with E-state index in [1.165, 1.54) is 6.07 Å². The minimum absolute atomic E-state index is 0.0483. The Balaban J connectivity index is 2.88. The van der Waals surface area contributed by atoms with E-state index < -0.39 is 31.5 Å². The van der Waals surface area contributed by atoms with Gasteiger partial charge in [0.15, 0.2) is 4.90 Å². The summed E-state index contributed by atoms with van der Waals surface area (Å²) in [5.41, 5.74) is -0.633. The number of benzene rings is 1. The van der Waals surface area contributed by atoms with Crippen molar-refractivity contribution in [2.75, 3.05) is 13.2 Å². The molecule has 0 aromatic heterocycles. The van der Waals surface area contributed by atoms with Crippen LogP contribution in [0.15, 0.2) is 23.1 Å². The average Bonchev–Trinajstić information content (AvgIpc) is 2.38. The summed E-state index contributed by atoms with van der Waals surface area (Å²) in [4.78, 5) is 20.6. The van der Waals surface area contributed by atoms with Gasteiger partial charge in [0, 0.05) is 17.6 Å². The van der Waals surface area contributed by atoms with Gasteiger partial charge in [-0.2, -0.15) is 0 Å². The van der Waals surface area contributed by atoms with Crippen LogP contribution >= 0.6 is 11.6 Å². The maximum Gasteiger partial charge on any atom is 0.307 e. The number of nitrogens with one attached hydrogen (secondary N) is 1. The molecule has 0 spiro atoms. The fourth-order valence-electron chi connectivity index (χ4n) is 1.46. The number of sulfonamides is 1. The van der Waals surface area contributed by atoms with Gasteiger partial charge in [0.1, 0.15) is 0 Å². The van der Waals surface area contributed by atoms with Crippen LogP contribution in [0, 0.1) is 10.1 Å². The monoisotopic (exact) mass is 336 g/mol. The van der Waals surface area contributed by atoms with Crippen LogP contribution in [0.2, 0.25) is 5.02 Å². The SMILES string of the molecule is CCOC(=O)CCNS(=O)(=O)c1ccc(Cl)cc1[N+](=O)[O-]. The second kappa shape index (κ2) is 7.34. The zero-order chi connectivity index (χ0) is 16.0. The van der Waals surface area contributed by atoms with E-state index in [1.807, 2.05) is 0 Å². The van der Waals surface area contributed by atoms with Crippen LogP contribution in [0.25, 0.3) is 0 Å². The molecule has 0 atom stereocenters. The number of ether oxygens (including phenoxy) is 1. The highest BCUT2D eigenvalue weighted by Gasteiger charge is 2.25. The Kier molecular flexibility index (Phi) is 6.06. The first-order valence-electron chi connectivity index (χ1n) is 5.87. The van der Waals surface area contributed by atoms with Gasteiger partial charge in [-0.05, 0) is 19.1 Å². The Labute approximate surface area is 126 Å². The molecule has 8 nitrogen and oxygen atoms in total.